The third kappa shape index (κ3) is 5.53. The van der Waals surface area contributed by atoms with Gasteiger partial charge in [0, 0.05) is 0 Å². The lowest BCUT2D eigenvalue weighted by Crippen LogP contribution is -2.45. The van der Waals surface area contributed by atoms with Crippen molar-refractivity contribution in [1.82, 2.24) is 10.6 Å². The average Bonchev–Trinajstić information content (AvgIpc) is 2.88. The number of rotatable bonds is 7. The quantitative estimate of drug-likeness (QED) is 0.301. The summed E-state index contributed by atoms with van der Waals surface area (Å²) >= 11 is 17.5. The molecule has 0 aromatic heterocycles. The molecule has 3 aromatic carbocycles. The zero-order valence-corrected chi connectivity index (χ0v) is 21.3. The highest BCUT2D eigenvalue weighted by Crippen LogP contribution is 2.37. The summed E-state index contributed by atoms with van der Waals surface area (Å²) < 4.78 is 16.7. The molecule has 35 heavy (non-hydrogen) atoms. The van der Waals surface area contributed by atoms with Crippen LogP contribution in [-0.4, -0.2) is 25.3 Å². The van der Waals surface area contributed by atoms with Gasteiger partial charge in [-0.1, -0.05) is 65.7 Å². The molecule has 0 radical (unpaired) electrons. The summed E-state index contributed by atoms with van der Waals surface area (Å²) in [6.07, 6.45) is 0. The first-order valence-electron chi connectivity index (χ1n) is 10.6. The van der Waals surface area contributed by atoms with Crippen molar-refractivity contribution in [1.29, 1.82) is 0 Å². The summed E-state index contributed by atoms with van der Waals surface area (Å²) in [5.41, 5.74) is 3.42. The molecule has 6 nitrogen and oxygen atoms in total. The largest absolute Gasteiger partial charge is 0.493 e. The van der Waals surface area contributed by atoms with Gasteiger partial charge in [-0.05, 0) is 53.2 Å². The molecule has 1 heterocycles. The normalized spacial score (nSPS) is 15.2. The molecule has 0 amide bonds. The number of thiocarbonyl (C=S) groups is 1. The summed E-state index contributed by atoms with van der Waals surface area (Å²) in [7, 11) is 2.90. The molecule has 0 fully saturated rings. The summed E-state index contributed by atoms with van der Waals surface area (Å²) in [4.78, 5) is 12.9. The minimum absolute atomic E-state index is 0.272. The molecule has 180 valence electrons. The zero-order valence-electron chi connectivity index (χ0n) is 18.9. The predicted octanol–water partition coefficient (Wildman–Crippen LogP) is 5.68. The van der Waals surface area contributed by atoms with Gasteiger partial charge in [0.2, 0.25) is 0 Å². The van der Waals surface area contributed by atoms with Crippen molar-refractivity contribution in [2.24, 2.45) is 0 Å². The number of ether oxygens (including phenoxy) is 3. The van der Waals surface area contributed by atoms with Gasteiger partial charge in [0.15, 0.2) is 16.6 Å². The van der Waals surface area contributed by atoms with Crippen molar-refractivity contribution in [3.05, 3.63) is 99.0 Å². The van der Waals surface area contributed by atoms with Gasteiger partial charge in [0.25, 0.3) is 0 Å². The lowest BCUT2D eigenvalue weighted by Gasteiger charge is -2.31. The van der Waals surface area contributed by atoms with Gasteiger partial charge in [0.05, 0.1) is 41.6 Å². The van der Waals surface area contributed by atoms with E-state index in [4.69, 9.17) is 49.6 Å². The standard InChI is InChI=1S/C26H22Cl2N2O4S/c1-32-21-13-17(9-11-20(21)34-14-15-8-10-18(27)19(28)12-15)24-22(25(31)33-2)23(29-26(35)30-24)16-6-4-3-5-7-16/h3-13,24H,14H2,1-2H3,(H2,29,30,35)/t24-/m0/s1. The number of halogens is 2. The Kier molecular flexibility index (Phi) is 7.80. The molecule has 9 heteroatoms. The number of methoxy groups -OCH3 is 2. The third-order valence-corrected chi connectivity index (χ3v) is 6.40. The lowest BCUT2D eigenvalue weighted by molar-refractivity contribution is -0.136. The Morgan fingerprint density at radius 2 is 1.74 bits per heavy atom. The minimum atomic E-state index is -0.565. The number of carbonyl (C=O) groups excluding carboxylic acids is 1. The van der Waals surface area contributed by atoms with Gasteiger partial charge < -0.3 is 24.8 Å². The second-order valence-corrected chi connectivity index (χ2v) is 8.85. The fourth-order valence-corrected chi connectivity index (χ4v) is 4.29. The Bertz CT molecular complexity index is 1300. The molecule has 1 atom stereocenters. The number of hydrogen-bond acceptors (Lipinski definition) is 5. The number of hydrogen-bond donors (Lipinski definition) is 2. The number of benzene rings is 3. The minimum Gasteiger partial charge on any atom is -0.493 e. The highest BCUT2D eigenvalue weighted by Gasteiger charge is 2.33. The molecule has 0 saturated carbocycles. The topological polar surface area (TPSA) is 68.8 Å². The average molecular weight is 529 g/mol. The van der Waals surface area contributed by atoms with Crippen molar-refractivity contribution in [3.63, 3.8) is 0 Å². The molecule has 0 saturated heterocycles. The van der Waals surface area contributed by atoms with E-state index < -0.39 is 12.0 Å². The predicted molar refractivity (Wildman–Crippen MR) is 141 cm³/mol. The van der Waals surface area contributed by atoms with Crippen molar-refractivity contribution in [2.75, 3.05) is 14.2 Å². The van der Waals surface area contributed by atoms with Crippen LogP contribution in [0.25, 0.3) is 5.70 Å². The van der Waals surface area contributed by atoms with Gasteiger partial charge in [-0.15, -0.1) is 0 Å². The van der Waals surface area contributed by atoms with E-state index in [1.807, 2.05) is 42.5 Å². The van der Waals surface area contributed by atoms with Crippen molar-refractivity contribution in [2.45, 2.75) is 12.6 Å². The van der Waals surface area contributed by atoms with Crippen LogP contribution in [0, 0.1) is 0 Å². The van der Waals surface area contributed by atoms with Gasteiger partial charge in [0.1, 0.15) is 6.61 Å². The van der Waals surface area contributed by atoms with E-state index in [0.29, 0.717) is 37.9 Å². The maximum atomic E-state index is 12.9. The smallest absolute Gasteiger partial charge is 0.338 e. The Hall–Kier alpha value is -3.26. The molecule has 0 bridgehead atoms. The molecule has 2 N–H and O–H groups in total. The fraction of sp³-hybridized carbons (Fsp3) is 0.154. The zero-order chi connectivity index (χ0) is 24.9. The highest BCUT2D eigenvalue weighted by atomic mass is 35.5. The highest BCUT2D eigenvalue weighted by molar-refractivity contribution is 7.80. The molecule has 3 aromatic rings. The van der Waals surface area contributed by atoms with E-state index in [0.717, 1.165) is 16.7 Å². The van der Waals surface area contributed by atoms with E-state index in [9.17, 15) is 4.79 Å². The van der Waals surface area contributed by atoms with E-state index >= 15 is 0 Å². The molecule has 1 aliphatic heterocycles. The summed E-state index contributed by atoms with van der Waals surface area (Å²) in [5.74, 6) is 0.556. The van der Waals surface area contributed by atoms with Gasteiger partial charge in [-0.25, -0.2) is 4.79 Å². The second-order valence-electron chi connectivity index (χ2n) is 7.63. The Balaban J connectivity index is 1.68. The van der Waals surface area contributed by atoms with Crippen LogP contribution in [0.5, 0.6) is 11.5 Å². The number of carbonyl (C=O) groups is 1. The molecular formula is C26H22Cl2N2O4S. The Labute approximate surface area is 218 Å². The number of esters is 1. The summed E-state index contributed by atoms with van der Waals surface area (Å²) in [6, 6.07) is 19.7. The molecule has 4 rings (SSSR count). The van der Waals surface area contributed by atoms with Crippen molar-refractivity contribution in [3.8, 4) is 11.5 Å². The van der Waals surface area contributed by atoms with Crippen LogP contribution in [0.2, 0.25) is 10.0 Å². The van der Waals surface area contributed by atoms with E-state index in [2.05, 4.69) is 10.6 Å². The van der Waals surface area contributed by atoms with Gasteiger partial charge >= 0.3 is 5.97 Å². The molecule has 0 aliphatic carbocycles. The van der Waals surface area contributed by atoms with Crippen LogP contribution in [-0.2, 0) is 16.1 Å². The van der Waals surface area contributed by atoms with Crippen LogP contribution in [0.15, 0.2) is 72.3 Å². The first kappa shape index (κ1) is 24.9. The summed E-state index contributed by atoms with van der Waals surface area (Å²) in [5, 5.41) is 7.61. The lowest BCUT2D eigenvalue weighted by atomic mass is 9.92. The number of nitrogens with one attached hydrogen (secondary N) is 2. The summed E-state index contributed by atoms with van der Waals surface area (Å²) in [6.45, 7) is 0.272. The van der Waals surface area contributed by atoms with Crippen LogP contribution in [0.1, 0.15) is 22.7 Å². The second kappa shape index (κ2) is 11.0. The van der Waals surface area contributed by atoms with Crippen LogP contribution < -0.4 is 20.1 Å². The van der Waals surface area contributed by atoms with Crippen molar-refractivity contribution >= 4 is 52.2 Å². The molecule has 0 unspecified atom stereocenters. The molecular weight excluding hydrogens is 507 g/mol. The maximum absolute atomic E-state index is 12.9. The Morgan fingerprint density at radius 3 is 2.43 bits per heavy atom. The van der Waals surface area contributed by atoms with Crippen LogP contribution in [0.3, 0.4) is 0 Å². The van der Waals surface area contributed by atoms with Crippen LogP contribution >= 0.6 is 35.4 Å². The van der Waals surface area contributed by atoms with Gasteiger partial charge in [-0.2, -0.15) is 0 Å². The van der Waals surface area contributed by atoms with Crippen molar-refractivity contribution < 1.29 is 19.0 Å². The van der Waals surface area contributed by atoms with Gasteiger partial charge in [-0.3, -0.25) is 0 Å². The van der Waals surface area contributed by atoms with E-state index in [1.165, 1.54) is 7.11 Å². The first-order chi connectivity index (χ1) is 16.9. The van der Waals surface area contributed by atoms with E-state index in [1.54, 1.807) is 31.4 Å². The Morgan fingerprint density at radius 1 is 0.971 bits per heavy atom. The van der Waals surface area contributed by atoms with E-state index in [-0.39, 0.29) is 6.61 Å². The molecule has 0 spiro atoms. The SMILES string of the molecule is COC(=O)C1=C(c2ccccc2)NC(=S)N[C@H]1c1ccc(OCc2ccc(Cl)c(Cl)c2)c(OC)c1. The third-order valence-electron chi connectivity index (χ3n) is 5.44. The first-order valence-corrected chi connectivity index (χ1v) is 11.8. The fourth-order valence-electron chi connectivity index (χ4n) is 3.75. The van der Waals surface area contributed by atoms with Crippen LogP contribution in [0.4, 0.5) is 0 Å². The maximum Gasteiger partial charge on any atom is 0.338 e. The monoisotopic (exact) mass is 528 g/mol. The molecule has 1 aliphatic rings.